The van der Waals surface area contributed by atoms with Crippen molar-refractivity contribution < 1.29 is 4.74 Å². The van der Waals surface area contributed by atoms with Crippen molar-refractivity contribution in [3.05, 3.63) is 70.8 Å². The zero-order chi connectivity index (χ0) is 13.9. The summed E-state index contributed by atoms with van der Waals surface area (Å²) in [5.74, 6) is 0.553. The van der Waals surface area contributed by atoms with Crippen LogP contribution in [0.3, 0.4) is 0 Å². The Bertz CT molecular complexity index is 492. The van der Waals surface area contributed by atoms with Gasteiger partial charge in [0.1, 0.15) is 0 Å². The molecule has 0 spiro atoms. The summed E-state index contributed by atoms with van der Waals surface area (Å²) >= 11 is 0. The van der Waals surface area contributed by atoms with E-state index in [1.807, 2.05) is 0 Å². The second-order valence-electron chi connectivity index (χ2n) is 5.92. The molecule has 1 aliphatic heterocycles. The molecule has 1 nitrogen and oxygen atoms in total. The molecule has 2 atom stereocenters. The van der Waals surface area contributed by atoms with E-state index in [1.165, 1.54) is 28.7 Å². The van der Waals surface area contributed by atoms with Gasteiger partial charge in [-0.25, -0.2) is 0 Å². The Labute approximate surface area is 121 Å². The van der Waals surface area contributed by atoms with Gasteiger partial charge in [0.05, 0.1) is 12.7 Å². The van der Waals surface area contributed by atoms with Gasteiger partial charge in [0.2, 0.25) is 0 Å². The van der Waals surface area contributed by atoms with Gasteiger partial charge >= 0.3 is 0 Å². The third kappa shape index (κ3) is 2.94. The van der Waals surface area contributed by atoms with E-state index in [4.69, 9.17) is 4.74 Å². The molecule has 1 fully saturated rings. The third-order valence-corrected chi connectivity index (χ3v) is 4.27. The maximum absolute atomic E-state index is 6.10. The smallest absolute Gasteiger partial charge is 0.0825 e. The number of ether oxygens (including phenoxy) is 1. The number of hydrogen-bond donors (Lipinski definition) is 0. The highest BCUT2D eigenvalue weighted by molar-refractivity contribution is 5.26. The normalized spacial score (nSPS) is 22.7. The highest BCUT2D eigenvalue weighted by Crippen LogP contribution is 2.35. The Morgan fingerprint density at radius 1 is 0.750 bits per heavy atom. The minimum absolute atomic E-state index is 0.275. The lowest BCUT2D eigenvalue weighted by atomic mass is 9.89. The van der Waals surface area contributed by atoms with Gasteiger partial charge in [-0.2, -0.15) is 0 Å². The molecule has 2 aromatic carbocycles. The molecule has 3 rings (SSSR count). The minimum Gasteiger partial charge on any atom is -0.373 e. The van der Waals surface area contributed by atoms with Crippen molar-refractivity contribution in [2.24, 2.45) is 0 Å². The summed E-state index contributed by atoms with van der Waals surface area (Å²) in [6.07, 6.45) is 2.60. The molecule has 1 saturated heterocycles. The zero-order valence-corrected chi connectivity index (χ0v) is 12.3. The lowest BCUT2D eigenvalue weighted by molar-refractivity contribution is 0.00237. The second-order valence-corrected chi connectivity index (χ2v) is 5.92. The Morgan fingerprint density at radius 2 is 1.30 bits per heavy atom. The van der Waals surface area contributed by atoms with E-state index in [1.54, 1.807) is 0 Å². The van der Waals surface area contributed by atoms with Crippen molar-refractivity contribution in [1.29, 1.82) is 0 Å². The van der Waals surface area contributed by atoms with E-state index in [-0.39, 0.29) is 6.10 Å². The molecule has 2 aromatic rings. The van der Waals surface area contributed by atoms with E-state index in [9.17, 15) is 0 Å². The van der Waals surface area contributed by atoms with Crippen molar-refractivity contribution in [3.63, 3.8) is 0 Å². The first kappa shape index (κ1) is 13.4. The molecule has 20 heavy (non-hydrogen) atoms. The number of benzene rings is 2. The number of aryl methyl sites for hydroxylation is 2. The fourth-order valence-corrected chi connectivity index (χ4v) is 2.90. The van der Waals surface area contributed by atoms with Crippen LogP contribution in [0, 0.1) is 13.8 Å². The van der Waals surface area contributed by atoms with Gasteiger partial charge in [0, 0.05) is 5.92 Å². The first-order chi connectivity index (χ1) is 9.72. The summed E-state index contributed by atoms with van der Waals surface area (Å²) in [5, 5.41) is 0. The third-order valence-electron chi connectivity index (χ3n) is 4.27. The predicted molar refractivity (Wildman–Crippen MR) is 83.0 cm³/mol. The summed E-state index contributed by atoms with van der Waals surface area (Å²) in [5.41, 5.74) is 5.36. The van der Waals surface area contributed by atoms with Crippen LogP contribution in [0.5, 0.6) is 0 Å². The summed E-state index contributed by atoms with van der Waals surface area (Å²) in [6, 6.07) is 17.6. The van der Waals surface area contributed by atoms with Gasteiger partial charge in [-0.15, -0.1) is 0 Å². The fourth-order valence-electron chi connectivity index (χ4n) is 2.90. The van der Waals surface area contributed by atoms with Crippen LogP contribution in [0.2, 0.25) is 0 Å². The van der Waals surface area contributed by atoms with Crippen molar-refractivity contribution in [2.45, 2.75) is 38.7 Å². The van der Waals surface area contributed by atoms with Crippen LogP contribution in [-0.2, 0) is 4.74 Å². The quantitative estimate of drug-likeness (QED) is 0.748. The Hall–Kier alpha value is -1.60. The molecule has 2 unspecified atom stereocenters. The molecule has 0 aromatic heterocycles. The van der Waals surface area contributed by atoms with Gasteiger partial charge in [0.15, 0.2) is 0 Å². The largest absolute Gasteiger partial charge is 0.373 e. The van der Waals surface area contributed by atoms with Crippen molar-refractivity contribution in [1.82, 2.24) is 0 Å². The lowest BCUT2D eigenvalue weighted by Gasteiger charge is -2.29. The highest BCUT2D eigenvalue weighted by atomic mass is 16.5. The molecule has 1 aliphatic rings. The van der Waals surface area contributed by atoms with Gasteiger partial charge in [-0.05, 0) is 37.8 Å². The highest BCUT2D eigenvalue weighted by Gasteiger charge is 2.23. The molecule has 0 N–H and O–H groups in total. The predicted octanol–water partition coefficient (Wildman–Crippen LogP) is 4.94. The zero-order valence-electron chi connectivity index (χ0n) is 12.3. The molecule has 0 bridgehead atoms. The Kier molecular flexibility index (Phi) is 3.88. The summed E-state index contributed by atoms with van der Waals surface area (Å²) in [4.78, 5) is 0. The minimum atomic E-state index is 0.275. The van der Waals surface area contributed by atoms with Crippen LogP contribution < -0.4 is 0 Å². The van der Waals surface area contributed by atoms with Gasteiger partial charge in [-0.1, -0.05) is 59.7 Å². The van der Waals surface area contributed by atoms with E-state index in [0.29, 0.717) is 5.92 Å². The number of rotatable bonds is 2. The summed E-state index contributed by atoms with van der Waals surface area (Å²) in [6.45, 7) is 5.09. The number of hydrogen-bond acceptors (Lipinski definition) is 1. The first-order valence-electron chi connectivity index (χ1n) is 7.47. The molecule has 0 saturated carbocycles. The van der Waals surface area contributed by atoms with Crippen molar-refractivity contribution in [3.8, 4) is 0 Å². The van der Waals surface area contributed by atoms with Crippen LogP contribution in [-0.4, -0.2) is 6.61 Å². The van der Waals surface area contributed by atoms with Crippen molar-refractivity contribution in [2.75, 3.05) is 6.61 Å². The standard InChI is InChI=1S/C19H22O/c1-14-3-7-16(8-4-14)18-11-12-19(20-13-18)17-9-5-15(2)6-10-17/h3-10,18-19H,11-13H2,1-2H3. The lowest BCUT2D eigenvalue weighted by Crippen LogP contribution is -2.19. The first-order valence-corrected chi connectivity index (χ1v) is 7.47. The molecular weight excluding hydrogens is 244 g/mol. The SMILES string of the molecule is Cc1ccc(C2CCC(c3ccc(C)cc3)OC2)cc1. The van der Waals surface area contributed by atoms with Crippen LogP contribution in [0.25, 0.3) is 0 Å². The van der Waals surface area contributed by atoms with Crippen LogP contribution in [0.4, 0.5) is 0 Å². The summed E-state index contributed by atoms with van der Waals surface area (Å²) in [7, 11) is 0. The van der Waals surface area contributed by atoms with E-state index >= 15 is 0 Å². The molecule has 0 amide bonds. The fraction of sp³-hybridized carbons (Fsp3) is 0.368. The average molecular weight is 266 g/mol. The van der Waals surface area contributed by atoms with Gasteiger partial charge in [-0.3, -0.25) is 0 Å². The summed E-state index contributed by atoms with van der Waals surface area (Å²) < 4.78 is 6.10. The molecule has 1 heterocycles. The Morgan fingerprint density at radius 3 is 1.80 bits per heavy atom. The van der Waals surface area contributed by atoms with Gasteiger partial charge in [0.25, 0.3) is 0 Å². The van der Waals surface area contributed by atoms with E-state index in [2.05, 4.69) is 62.4 Å². The van der Waals surface area contributed by atoms with Crippen LogP contribution in [0.15, 0.2) is 48.5 Å². The topological polar surface area (TPSA) is 9.23 Å². The Balaban J connectivity index is 1.64. The maximum Gasteiger partial charge on any atom is 0.0825 e. The van der Waals surface area contributed by atoms with Crippen LogP contribution >= 0.6 is 0 Å². The van der Waals surface area contributed by atoms with Crippen molar-refractivity contribution >= 4 is 0 Å². The van der Waals surface area contributed by atoms with Gasteiger partial charge < -0.3 is 4.74 Å². The molecule has 0 radical (unpaired) electrons. The van der Waals surface area contributed by atoms with E-state index < -0.39 is 0 Å². The average Bonchev–Trinajstić information content (AvgIpc) is 2.49. The monoisotopic (exact) mass is 266 g/mol. The second kappa shape index (κ2) is 5.80. The molecular formula is C19H22O. The van der Waals surface area contributed by atoms with Crippen LogP contribution in [0.1, 0.15) is 47.1 Å². The maximum atomic E-state index is 6.10. The molecule has 1 heteroatoms. The molecule has 0 aliphatic carbocycles. The molecule has 104 valence electrons. The van der Waals surface area contributed by atoms with E-state index in [0.717, 1.165) is 13.0 Å².